The summed E-state index contributed by atoms with van der Waals surface area (Å²) in [5, 5.41) is 6.31. The summed E-state index contributed by atoms with van der Waals surface area (Å²) in [6.45, 7) is 1.58. The summed E-state index contributed by atoms with van der Waals surface area (Å²) in [6, 6.07) is 7.65. The minimum atomic E-state index is -0.238. The van der Waals surface area contributed by atoms with Gasteiger partial charge < -0.3 is 5.01 Å². The average Bonchev–Trinajstić information content (AvgIpc) is 3.20. The Morgan fingerprint density at radius 2 is 2.04 bits per heavy atom. The van der Waals surface area contributed by atoms with Gasteiger partial charge in [-0.2, -0.15) is 5.10 Å². The van der Waals surface area contributed by atoms with Crippen molar-refractivity contribution in [3.05, 3.63) is 47.8 Å². The second-order valence-corrected chi connectivity index (χ2v) is 5.84. The van der Waals surface area contributed by atoms with Crippen LogP contribution in [-0.2, 0) is 0 Å². The van der Waals surface area contributed by atoms with Gasteiger partial charge in [-0.1, -0.05) is 0 Å². The maximum Gasteiger partial charge on any atom is 0.261 e. The van der Waals surface area contributed by atoms with E-state index in [1.807, 2.05) is 28.0 Å². The molecule has 118 valence electrons. The number of nitrogens with zero attached hydrogens (tertiary/aromatic N) is 4. The van der Waals surface area contributed by atoms with Crippen molar-refractivity contribution in [1.82, 2.24) is 20.1 Å². The molecule has 1 fully saturated rings. The average molecular weight is 311 g/mol. The topological polar surface area (TPSA) is 70.5 Å². The molecule has 2 aliphatic heterocycles. The van der Waals surface area contributed by atoms with Crippen molar-refractivity contribution < 1.29 is 9.59 Å². The van der Waals surface area contributed by atoms with Gasteiger partial charge in [0.2, 0.25) is 0 Å². The van der Waals surface area contributed by atoms with E-state index in [2.05, 4.69) is 10.5 Å². The lowest BCUT2D eigenvalue weighted by Crippen LogP contribution is -2.47. The highest BCUT2D eigenvalue weighted by atomic mass is 16.2. The quantitative estimate of drug-likeness (QED) is 0.840. The molecule has 0 radical (unpaired) electrons. The third-order valence-electron chi connectivity index (χ3n) is 4.49. The molecule has 1 N–H and O–H groups in total. The normalized spacial score (nSPS) is 21.0. The van der Waals surface area contributed by atoms with E-state index < -0.39 is 0 Å². The highest BCUT2D eigenvalue weighted by Gasteiger charge is 2.33. The third kappa shape index (κ3) is 2.20. The van der Waals surface area contributed by atoms with Gasteiger partial charge in [0, 0.05) is 32.5 Å². The van der Waals surface area contributed by atoms with E-state index in [1.54, 1.807) is 18.3 Å². The van der Waals surface area contributed by atoms with Crippen molar-refractivity contribution >= 4 is 17.5 Å². The number of carbonyl (C=O) groups is 2. The molecule has 3 heterocycles. The van der Waals surface area contributed by atoms with Crippen LogP contribution < -0.4 is 10.4 Å². The Morgan fingerprint density at radius 3 is 2.74 bits per heavy atom. The zero-order chi connectivity index (χ0) is 16.0. The summed E-state index contributed by atoms with van der Waals surface area (Å²) in [7, 11) is 1.51. The monoisotopic (exact) mass is 311 g/mol. The first kappa shape index (κ1) is 14.0. The molecule has 1 atom stereocenters. The first-order valence-electron chi connectivity index (χ1n) is 7.62. The molecule has 1 unspecified atom stereocenters. The molecule has 2 aliphatic rings. The Hall–Kier alpha value is -2.67. The minimum absolute atomic E-state index is 0.234. The van der Waals surface area contributed by atoms with Crippen molar-refractivity contribution in [2.75, 3.05) is 25.1 Å². The number of hydrazine groups is 1. The number of amides is 2. The zero-order valence-electron chi connectivity index (χ0n) is 12.8. The van der Waals surface area contributed by atoms with Crippen LogP contribution in [0.5, 0.6) is 0 Å². The predicted molar refractivity (Wildman–Crippen MR) is 84.1 cm³/mol. The van der Waals surface area contributed by atoms with E-state index in [4.69, 9.17) is 0 Å². The van der Waals surface area contributed by atoms with Crippen molar-refractivity contribution in [3.63, 3.8) is 0 Å². The first-order valence-corrected chi connectivity index (χ1v) is 7.62. The Balaban J connectivity index is 1.53. The molecule has 4 rings (SSSR count). The molecule has 0 bridgehead atoms. The summed E-state index contributed by atoms with van der Waals surface area (Å²) in [5.41, 5.74) is 5.22. The highest BCUT2D eigenvalue weighted by Crippen LogP contribution is 2.27. The summed E-state index contributed by atoms with van der Waals surface area (Å²) >= 11 is 0. The van der Waals surface area contributed by atoms with Crippen LogP contribution in [0.3, 0.4) is 0 Å². The van der Waals surface area contributed by atoms with E-state index >= 15 is 0 Å². The summed E-state index contributed by atoms with van der Waals surface area (Å²) < 4.78 is 1.96. The number of imide groups is 1. The predicted octanol–water partition coefficient (Wildman–Crippen LogP) is 1.06. The standard InChI is InChI=1S/C16H17N5O2/c1-19-15(22)13-4-3-11(9-14(13)16(19)23)21-8-5-12(10-18-21)20-7-2-6-17-20/h2-4,6-7,9,12,18H,5,8,10H2,1H3. The molecule has 0 aliphatic carbocycles. The van der Waals surface area contributed by atoms with Gasteiger partial charge in [-0.05, 0) is 30.7 Å². The number of nitrogens with one attached hydrogen (secondary N) is 1. The van der Waals surface area contributed by atoms with Gasteiger partial charge in [-0.15, -0.1) is 0 Å². The van der Waals surface area contributed by atoms with Crippen LogP contribution >= 0.6 is 0 Å². The number of benzene rings is 1. The molecule has 23 heavy (non-hydrogen) atoms. The zero-order valence-corrected chi connectivity index (χ0v) is 12.8. The lowest BCUT2D eigenvalue weighted by molar-refractivity contribution is 0.0693. The Bertz CT molecular complexity index is 763. The van der Waals surface area contributed by atoms with Crippen LogP contribution in [-0.4, -0.2) is 46.6 Å². The molecule has 1 saturated heterocycles. The Kier molecular flexibility index (Phi) is 3.16. The molecule has 0 spiro atoms. The molecular weight excluding hydrogens is 294 g/mol. The van der Waals surface area contributed by atoms with Crippen LogP contribution in [0.15, 0.2) is 36.7 Å². The van der Waals surface area contributed by atoms with Crippen LogP contribution in [0.25, 0.3) is 0 Å². The van der Waals surface area contributed by atoms with Crippen LogP contribution in [0.2, 0.25) is 0 Å². The fourth-order valence-corrected chi connectivity index (χ4v) is 3.13. The van der Waals surface area contributed by atoms with Gasteiger partial charge in [0.25, 0.3) is 11.8 Å². The van der Waals surface area contributed by atoms with Crippen LogP contribution in [0.1, 0.15) is 33.2 Å². The second kappa shape index (κ2) is 5.20. The van der Waals surface area contributed by atoms with Crippen molar-refractivity contribution in [2.45, 2.75) is 12.5 Å². The number of hydrogen-bond acceptors (Lipinski definition) is 5. The maximum absolute atomic E-state index is 12.1. The van der Waals surface area contributed by atoms with Crippen LogP contribution in [0, 0.1) is 0 Å². The van der Waals surface area contributed by atoms with E-state index in [1.165, 1.54) is 7.05 Å². The number of aromatic nitrogens is 2. The van der Waals surface area contributed by atoms with E-state index in [0.717, 1.165) is 30.1 Å². The van der Waals surface area contributed by atoms with Gasteiger partial charge in [0.1, 0.15) is 0 Å². The first-order chi connectivity index (χ1) is 11.1. The smallest absolute Gasteiger partial charge is 0.261 e. The van der Waals surface area contributed by atoms with Gasteiger partial charge in [-0.3, -0.25) is 19.2 Å². The van der Waals surface area contributed by atoms with E-state index in [-0.39, 0.29) is 11.8 Å². The summed E-state index contributed by atoms with van der Waals surface area (Å²) in [5.74, 6) is -0.472. The molecular formula is C16H17N5O2. The number of carbonyl (C=O) groups excluding carboxylic acids is 2. The minimum Gasteiger partial charge on any atom is -0.308 e. The fraction of sp³-hybridized carbons (Fsp3) is 0.312. The number of hydrogen-bond donors (Lipinski definition) is 1. The lowest BCUT2D eigenvalue weighted by Gasteiger charge is -2.34. The number of rotatable bonds is 2. The summed E-state index contributed by atoms with van der Waals surface area (Å²) in [4.78, 5) is 25.2. The van der Waals surface area contributed by atoms with Crippen LogP contribution in [0.4, 0.5) is 5.69 Å². The molecule has 0 saturated carbocycles. The Labute approximate surface area is 133 Å². The van der Waals surface area contributed by atoms with Gasteiger partial charge in [-0.25, -0.2) is 5.43 Å². The van der Waals surface area contributed by atoms with Crippen molar-refractivity contribution in [1.29, 1.82) is 0 Å². The molecule has 1 aromatic heterocycles. The van der Waals surface area contributed by atoms with Gasteiger partial charge >= 0.3 is 0 Å². The Morgan fingerprint density at radius 1 is 1.22 bits per heavy atom. The van der Waals surface area contributed by atoms with Crippen molar-refractivity contribution in [2.24, 2.45) is 0 Å². The highest BCUT2D eigenvalue weighted by molar-refractivity contribution is 6.21. The molecule has 7 nitrogen and oxygen atoms in total. The number of anilines is 1. The SMILES string of the molecule is CN1C(=O)c2ccc(N3CCC(n4cccn4)CN3)cc2C1=O. The van der Waals surface area contributed by atoms with Gasteiger partial charge in [0.15, 0.2) is 0 Å². The lowest BCUT2D eigenvalue weighted by atomic mass is 10.1. The van der Waals surface area contributed by atoms with E-state index in [0.29, 0.717) is 17.2 Å². The molecule has 1 aromatic carbocycles. The summed E-state index contributed by atoms with van der Waals surface area (Å²) in [6.07, 6.45) is 4.71. The third-order valence-corrected chi connectivity index (χ3v) is 4.49. The molecule has 2 amide bonds. The van der Waals surface area contributed by atoms with Crippen molar-refractivity contribution in [3.8, 4) is 0 Å². The molecule has 7 heteroatoms. The number of fused-ring (bicyclic) bond motifs is 1. The fourth-order valence-electron chi connectivity index (χ4n) is 3.13. The largest absolute Gasteiger partial charge is 0.308 e. The van der Waals surface area contributed by atoms with E-state index in [9.17, 15) is 9.59 Å². The second-order valence-electron chi connectivity index (χ2n) is 5.84. The molecule has 2 aromatic rings. The van der Waals surface area contributed by atoms with Gasteiger partial charge in [0.05, 0.1) is 22.9 Å². The maximum atomic E-state index is 12.1.